The summed E-state index contributed by atoms with van der Waals surface area (Å²) in [5, 5.41) is 2.54. The fourth-order valence-corrected chi connectivity index (χ4v) is 0.882. The van der Waals surface area contributed by atoms with Gasteiger partial charge in [-0.05, 0) is 0 Å². The zero-order valence-electron chi connectivity index (χ0n) is 7.04. The summed E-state index contributed by atoms with van der Waals surface area (Å²) >= 11 is 0. The zero-order valence-corrected chi connectivity index (χ0v) is 7.04. The average Bonchev–Trinajstić information content (AvgIpc) is 2.45. The number of hydrogen-bond acceptors (Lipinski definition) is 4. The van der Waals surface area contributed by atoms with E-state index in [-0.39, 0.29) is 12.2 Å². The number of methoxy groups -OCH3 is 1. The minimum atomic E-state index is -0.365. The summed E-state index contributed by atoms with van der Waals surface area (Å²) in [7, 11) is 1.61. The highest BCUT2D eigenvalue weighted by atomic mass is 16.6. The Morgan fingerprint density at radius 3 is 3.08 bits per heavy atom. The Balaban J connectivity index is 1.97. The first-order valence-electron chi connectivity index (χ1n) is 3.84. The fourth-order valence-electron chi connectivity index (χ4n) is 0.882. The van der Waals surface area contributed by atoms with E-state index in [9.17, 15) is 4.79 Å². The van der Waals surface area contributed by atoms with Gasteiger partial charge in [-0.2, -0.15) is 0 Å². The number of nitrogens with one attached hydrogen (secondary N) is 1. The van der Waals surface area contributed by atoms with Crippen LogP contribution in [0.5, 0.6) is 0 Å². The van der Waals surface area contributed by atoms with E-state index in [4.69, 9.17) is 14.2 Å². The van der Waals surface area contributed by atoms with E-state index in [1.807, 2.05) is 0 Å². The van der Waals surface area contributed by atoms with Crippen molar-refractivity contribution in [2.45, 2.75) is 6.10 Å². The van der Waals surface area contributed by atoms with Crippen LogP contribution in [0.15, 0.2) is 0 Å². The van der Waals surface area contributed by atoms with Crippen LogP contribution in [0.3, 0.4) is 0 Å². The quantitative estimate of drug-likeness (QED) is 0.586. The van der Waals surface area contributed by atoms with Crippen LogP contribution in [0, 0.1) is 0 Å². The maximum absolute atomic E-state index is 10.5. The molecular weight excluding hydrogens is 162 g/mol. The summed E-state index contributed by atoms with van der Waals surface area (Å²) in [6, 6.07) is 0. The Bertz CT molecular complexity index is 150. The van der Waals surface area contributed by atoms with E-state index in [1.54, 1.807) is 7.11 Å². The van der Waals surface area contributed by atoms with Crippen LogP contribution in [-0.4, -0.2) is 45.7 Å². The molecule has 0 aliphatic carbocycles. The number of amides is 1. The van der Waals surface area contributed by atoms with Gasteiger partial charge >= 0.3 is 6.09 Å². The van der Waals surface area contributed by atoms with Crippen LogP contribution in [0.1, 0.15) is 0 Å². The van der Waals surface area contributed by atoms with Crippen LogP contribution in [0.2, 0.25) is 0 Å². The molecule has 0 aromatic carbocycles. The number of hydrogen-bond donors (Lipinski definition) is 1. The van der Waals surface area contributed by atoms with E-state index < -0.39 is 0 Å². The number of ether oxygens (including phenoxy) is 3. The van der Waals surface area contributed by atoms with Crippen LogP contribution in [0.25, 0.3) is 0 Å². The van der Waals surface area contributed by atoms with Crippen LogP contribution in [-0.2, 0) is 14.2 Å². The molecule has 0 aromatic heterocycles. The lowest BCUT2D eigenvalue weighted by molar-refractivity contribution is 0.0216. The largest absolute Gasteiger partial charge is 0.442 e. The molecule has 1 aliphatic rings. The molecule has 1 aliphatic heterocycles. The van der Waals surface area contributed by atoms with Gasteiger partial charge in [0.2, 0.25) is 0 Å². The van der Waals surface area contributed by atoms with Crippen LogP contribution >= 0.6 is 0 Å². The first-order chi connectivity index (χ1) is 5.83. The van der Waals surface area contributed by atoms with Gasteiger partial charge in [0, 0.05) is 7.11 Å². The predicted molar refractivity (Wildman–Crippen MR) is 41.0 cm³/mol. The van der Waals surface area contributed by atoms with Gasteiger partial charge in [0.1, 0.15) is 6.10 Å². The number of alkyl carbamates (subject to hydrolysis) is 1. The molecule has 1 heterocycles. The Labute approximate surface area is 71.0 Å². The van der Waals surface area contributed by atoms with Crippen molar-refractivity contribution in [2.75, 3.05) is 33.5 Å². The van der Waals surface area contributed by atoms with Crippen molar-refractivity contribution >= 4 is 6.09 Å². The number of carbonyl (C=O) groups excluding carboxylic acids is 1. The highest BCUT2D eigenvalue weighted by Gasteiger charge is 2.21. The molecule has 0 saturated carbocycles. The van der Waals surface area contributed by atoms with Crippen molar-refractivity contribution in [3.63, 3.8) is 0 Å². The summed E-state index contributed by atoms with van der Waals surface area (Å²) in [6.07, 6.45) is -0.510. The summed E-state index contributed by atoms with van der Waals surface area (Å²) in [6.45, 7) is 2.06. The van der Waals surface area contributed by atoms with Gasteiger partial charge in [0.25, 0.3) is 0 Å². The van der Waals surface area contributed by atoms with E-state index in [0.29, 0.717) is 26.4 Å². The van der Waals surface area contributed by atoms with Crippen molar-refractivity contribution in [1.29, 1.82) is 0 Å². The molecule has 5 nitrogen and oxygen atoms in total. The Morgan fingerprint density at radius 2 is 2.50 bits per heavy atom. The third-order valence-corrected chi connectivity index (χ3v) is 1.48. The van der Waals surface area contributed by atoms with Crippen LogP contribution in [0.4, 0.5) is 4.79 Å². The monoisotopic (exact) mass is 175 g/mol. The zero-order chi connectivity index (χ0) is 8.81. The molecule has 12 heavy (non-hydrogen) atoms. The molecule has 0 spiro atoms. The van der Waals surface area contributed by atoms with Crippen molar-refractivity contribution in [2.24, 2.45) is 0 Å². The van der Waals surface area contributed by atoms with Gasteiger partial charge in [-0.15, -0.1) is 0 Å². The molecule has 0 aromatic rings. The Hall–Kier alpha value is -0.810. The molecule has 1 rings (SSSR count). The summed E-state index contributed by atoms with van der Waals surface area (Å²) in [4.78, 5) is 10.5. The van der Waals surface area contributed by atoms with Gasteiger partial charge in [0.05, 0.1) is 26.4 Å². The Kier molecular flexibility index (Phi) is 3.83. The Morgan fingerprint density at radius 1 is 1.67 bits per heavy atom. The lowest BCUT2D eigenvalue weighted by Gasteiger charge is -2.07. The molecule has 1 amide bonds. The maximum Gasteiger partial charge on any atom is 0.407 e. The third-order valence-electron chi connectivity index (χ3n) is 1.48. The summed E-state index contributed by atoms with van der Waals surface area (Å²) < 4.78 is 14.8. The van der Waals surface area contributed by atoms with E-state index >= 15 is 0 Å². The average molecular weight is 175 g/mol. The second-order valence-electron chi connectivity index (χ2n) is 2.48. The smallest absolute Gasteiger partial charge is 0.407 e. The highest BCUT2D eigenvalue weighted by molar-refractivity contribution is 5.69. The van der Waals surface area contributed by atoms with Gasteiger partial charge in [-0.3, -0.25) is 0 Å². The molecule has 5 heteroatoms. The SMILES string of the molecule is COCCOC[C@H]1CNC(=O)O1. The first-order valence-corrected chi connectivity index (χ1v) is 3.84. The number of rotatable bonds is 5. The van der Waals surface area contributed by atoms with Crippen molar-refractivity contribution in [3.8, 4) is 0 Å². The van der Waals surface area contributed by atoms with Gasteiger partial charge < -0.3 is 19.5 Å². The van der Waals surface area contributed by atoms with E-state index in [0.717, 1.165) is 0 Å². The fraction of sp³-hybridized carbons (Fsp3) is 0.857. The predicted octanol–water partition coefficient (Wildman–Crippen LogP) is -0.242. The van der Waals surface area contributed by atoms with Gasteiger partial charge in [-0.25, -0.2) is 4.79 Å². The minimum Gasteiger partial charge on any atom is -0.442 e. The van der Waals surface area contributed by atoms with Crippen molar-refractivity contribution in [1.82, 2.24) is 5.32 Å². The molecule has 0 bridgehead atoms. The molecule has 1 fully saturated rings. The lowest BCUT2D eigenvalue weighted by atomic mass is 10.4. The number of cyclic esters (lactones) is 1. The molecule has 0 radical (unpaired) electrons. The minimum absolute atomic E-state index is 0.144. The third kappa shape index (κ3) is 3.06. The number of carbonyl (C=O) groups is 1. The van der Waals surface area contributed by atoms with E-state index in [1.165, 1.54) is 0 Å². The summed E-state index contributed by atoms with van der Waals surface area (Å²) in [5.41, 5.74) is 0. The van der Waals surface area contributed by atoms with Crippen molar-refractivity contribution in [3.05, 3.63) is 0 Å². The van der Waals surface area contributed by atoms with Crippen molar-refractivity contribution < 1.29 is 19.0 Å². The lowest BCUT2D eigenvalue weighted by Crippen LogP contribution is -2.21. The van der Waals surface area contributed by atoms with E-state index in [2.05, 4.69) is 5.32 Å². The maximum atomic E-state index is 10.5. The normalized spacial score (nSPS) is 22.1. The van der Waals surface area contributed by atoms with Gasteiger partial charge in [-0.1, -0.05) is 0 Å². The topological polar surface area (TPSA) is 56.8 Å². The molecule has 1 N–H and O–H groups in total. The molecule has 0 unspecified atom stereocenters. The second-order valence-corrected chi connectivity index (χ2v) is 2.48. The molecular formula is C7H13NO4. The molecule has 1 saturated heterocycles. The first kappa shape index (κ1) is 9.28. The van der Waals surface area contributed by atoms with Crippen LogP contribution < -0.4 is 5.32 Å². The second kappa shape index (κ2) is 4.95. The molecule has 1 atom stereocenters. The highest BCUT2D eigenvalue weighted by Crippen LogP contribution is 1.99. The standard InChI is InChI=1S/C7H13NO4/c1-10-2-3-11-5-6-4-8-7(9)12-6/h6H,2-5H2,1H3,(H,8,9)/t6-/m1/s1. The summed E-state index contributed by atoms with van der Waals surface area (Å²) in [5.74, 6) is 0. The molecule has 70 valence electrons. The van der Waals surface area contributed by atoms with Gasteiger partial charge in [0.15, 0.2) is 0 Å².